The van der Waals surface area contributed by atoms with E-state index in [1.165, 1.54) is 42.6 Å². The SMILES string of the molecule is O=[N+]([O-])c1ccc(N=Cc2ccc(Oc3ccc([N+](=O)[O-])cc3[N+](=O)[O-])c(Cl)c2)cc1. The molecule has 0 aliphatic heterocycles. The third kappa shape index (κ3) is 5.16. The van der Waals surface area contributed by atoms with Gasteiger partial charge in [-0.15, -0.1) is 0 Å². The molecule has 0 saturated carbocycles. The molecule has 0 aliphatic carbocycles. The van der Waals surface area contributed by atoms with E-state index in [4.69, 9.17) is 16.3 Å². The maximum Gasteiger partial charge on any atom is 0.318 e. The molecule has 12 heteroatoms. The van der Waals surface area contributed by atoms with E-state index in [2.05, 4.69) is 4.99 Å². The standard InChI is InChI=1S/C19H11ClN4O7/c20-16-9-12(11-21-13-2-4-14(5-3-13)22(25)26)1-7-18(16)31-19-8-6-15(23(27)28)10-17(19)24(29)30/h1-11H. The van der Waals surface area contributed by atoms with Gasteiger partial charge in [0.1, 0.15) is 5.75 Å². The van der Waals surface area contributed by atoms with Crippen LogP contribution in [-0.4, -0.2) is 21.0 Å². The van der Waals surface area contributed by atoms with Crippen LogP contribution in [0.25, 0.3) is 0 Å². The molecule has 0 fully saturated rings. The van der Waals surface area contributed by atoms with Crippen molar-refractivity contribution < 1.29 is 19.5 Å². The molecule has 3 rings (SSSR count). The first-order valence-corrected chi connectivity index (χ1v) is 8.81. The summed E-state index contributed by atoms with van der Waals surface area (Å²) in [7, 11) is 0. The van der Waals surface area contributed by atoms with Gasteiger partial charge in [0.2, 0.25) is 5.75 Å². The fourth-order valence-corrected chi connectivity index (χ4v) is 2.68. The molecule has 0 heterocycles. The van der Waals surface area contributed by atoms with Crippen LogP contribution in [0, 0.1) is 30.3 Å². The molecule has 11 nitrogen and oxygen atoms in total. The molecule has 0 spiro atoms. The van der Waals surface area contributed by atoms with Gasteiger partial charge in [-0.25, -0.2) is 0 Å². The summed E-state index contributed by atoms with van der Waals surface area (Å²) in [6.45, 7) is 0. The zero-order chi connectivity index (χ0) is 22.5. The molecule has 0 aromatic heterocycles. The number of nitro groups is 3. The molecule has 0 amide bonds. The molecule has 0 radical (unpaired) electrons. The smallest absolute Gasteiger partial charge is 0.318 e. The van der Waals surface area contributed by atoms with Crippen molar-refractivity contribution in [3.8, 4) is 11.5 Å². The van der Waals surface area contributed by atoms with Crippen molar-refractivity contribution in [1.29, 1.82) is 0 Å². The van der Waals surface area contributed by atoms with E-state index in [9.17, 15) is 30.3 Å². The lowest BCUT2D eigenvalue weighted by Gasteiger charge is -2.08. The minimum Gasteiger partial charge on any atom is -0.449 e. The normalized spacial score (nSPS) is 10.7. The lowest BCUT2D eigenvalue weighted by molar-refractivity contribution is -0.394. The minimum absolute atomic E-state index is 0.0520. The molecule has 0 atom stereocenters. The topological polar surface area (TPSA) is 151 Å². The van der Waals surface area contributed by atoms with Crippen LogP contribution in [0.5, 0.6) is 11.5 Å². The summed E-state index contributed by atoms with van der Waals surface area (Å²) in [5, 5.41) is 32.8. The maximum absolute atomic E-state index is 11.2. The highest BCUT2D eigenvalue weighted by atomic mass is 35.5. The van der Waals surface area contributed by atoms with Gasteiger partial charge in [0.25, 0.3) is 11.4 Å². The molecular weight excluding hydrogens is 432 g/mol. The number of nitrogens with zero attached hydrogens (tertiary/aromatic N) is 4. The molecule has 3 aromatic rings. The predicted octanol–water partition coefficient (Wildman–Crippen LogP) is 5.61. The summed E-state index contributed by atoms with van der Waals surface area (Å²) in [5.41, 5.74) is -0.00156. The molecule has 3 aromatic carbocycles. The number of hydrogen-bond acceptors (Lipinski definition) is 8. The van der Waals surface area contributed by atoms with Crippen LogP contribution >= 0.6 is 11.6 Å². The van der Waals surface area contributed by atoms with Gasteiger partial charge in [0, 0.05) is 24.4 Å². The van der Waals surface area contributed by atoms with Gasteiger partial charge >= 0.3 is 5.69 Å². The van der Waals surface area contributed by atoms with E-state index in [0.29, 0.717) is 11.3 Å². The number of rotatable bonds is 7. The van der Waals surface area contributed by atoms with Crippen molar-refractivity contribution in [3.63, 3.8) is 0 Å². The highest BCUT2D eigenvalue weighted by molar-refractivity contribution is 6.32. The second-order valence-corrected chi connectivity index (χ2v) is 6.40. The lowest BCUT2D eigenvalue weighted by atomic mass is 10.2. The summed E-state index contributed by atoms with van der Waals surface area (Å²) in [6.07, 6.45) is 1.48. The van der Waals surface area contributed by atoms with Gasteiger partial charge in [0.05, 0.1) is 31.5 Å². The molecule has 156 valence electrons. The van der Waals surface area contributed by atoms with Crippen LogP contribution in [0.15, 0.2) is 65.7 Å². The van der Waals surface area contributed by atoms with E-state index in [0.717, 1.165) is 18.2 Å². The quantitative estimate of drug-likeness (QED) is 0.262. The number of nitro benzene ring substituents is 3. The monoisotopic (exact) mass is 442 g/mol. The number of halogens is 1. The van der Waals surface area contributed by atoms with E-state index in [1.807, 2.05) is 0 Å². The molecule has 31 heavy (non-hydrogen) atoms. The summed E-state index contributed by atoms with van der Waals surface area (Å²) in [5.74, 6) is -0.101. The Morgan fingerprint density at radius 3 is 1.97 bits per heavy atom. The summed E-state index contributed by atoms with van der Waals surface area (Å²) in [4.78, 5) is 34.9. The van der Waals surface area contributed by atoms with Crippen molar-refractivity contribution in [2.45, 2.75) is 0 Å². The molecule has 0 unspecified atom stereocenters. The predicted molar refractivity (Wildman–Crippen MR) is 112 cm³/mol. The van der Waals surface area contributed by atoms with Crippen molar-refractivity contribution in [2.24, 2.45) is 4.99 Å². The van der Waals surface area contributed by atoms with Crippen molar-refractivity contribution in [2.75, 3.05) is 0 Å². The van der Waals surface area contributed by atoms with E-state index >= 15 is 0 Å². The lowest BCUT2D eigenvalue weighted by Crippen LogP contribution is -1.96. The van der Waals surface area contributed by atoms with Gasteiger partial charge < -0.3 is 4.74 Å². The molecule has 0 aliphatic rings. The van der Waals surface area contributed by atoms with Gasteiger partial charge in [-0.1, -0.05) is 11.6 Å². The maximum atomic E-state index is 11.2. The zero-order valence-corrected chi connectivity index (χ0v) is 16.1. The second kappa shape index (κ2) is 8.97. The highest BCUT2D eigenvalue weighted by Gasteiger charge is 2.21. The number of aliphatic imine (C=N–C) groups is 1. The Labute approximate surface area is 178 Å². The van der Waals surface area contributed by atoms with Crippen LogP contribution in [0.1, 0.15) is 5.56 Å². The largest absolute Gasteiger partial charge is 0.449 e. The number of benzene rings is 3. The Balaban J connectivity index is 1.80. The Hall–Kier alpha value is -4.38. The first-order valence-electron chi connectivity index (χ1n) is 8.43. The number of hydrogen-bond donors (Lipinski definition) is 0. The Morgan fingerprint density at radius 2 is 1.39 bits per heavy atom. The molecule has 0 saturated heterocycles. The van der Waals surface area contributed by atoms with Crippen LogP contribution in [-0.2, 0) is 0 Å². The van der Waals surface area contributed by atoms with Gasteiger partial charge in [-0.05, 0) is 42.0 Å². The van der Waals surface area contributed by atoms with Crippen LogP contribution in [0.4, 0.5) is 22.7 Å². The molecule has 0 bridgehead atoms. The Morgan fingerprint density at radius 1 is 0.774 bits per heavy atom. The fraction of sp³-hybridized carbons (Fsp3) is 0. The number of non-ortho nitro benzene ring substituents is 2. The Kier molecular flexibility index (Phi) is 6.17. The van der Waals surface area contributed by atoms with Gasteiger partial charge in [-0.3, -0.25) is 35.3 Å². The number of ether oxygens (including phenoxy) is 1. The minimum atomic E-state index is -0.790. The third-order valence-corrected chi connectivity index (χ3v) is 4.24. The summed E-state index contributed by atoms with van der Waals surface area (Å²) < 4.78 is 5.49. The highest BCUT2D eigenvalue weighted by Crippen LogP contribution is 2.37. The summed E-state index contributed by atoms with van der Waals surface area (Å²) in [6, 6.07) is 13.2. The van der Waals surface area contributed by atoms with Crippen LogP contribution in [0.3, 0.4) is 0 Å². The summed E-state index contributed by atoms with van der Waals surface area (Å²) >= 11 is 6.19. The fourth-order valence-electron chi connectivity index (χ4n) is 2.46. The second-order valence-electron chi connectivity index (χ2n) is 5.99. The molecule has 0 N–H and O–H groups in total. The zero-order valence-electron chi connectivity index (χ0n) is 15.4. The Bertz CT molecular complexity index is 1210. The van der Waals surface area contributed by atoms with Crippen molar-refractivity contribution in [1.82, 2.24) is 0 Å². The van der Waals surface area contributed by atoms with E-state index in [1.54, 1.807) is 6.07 Å². The van der Waals surface area contributed by atoms with Crippen LogP contribution in [0.2, 0.25) is 5.02 Å². The first-order chi connectivity index (χ1) is 14.7. The van der Waals surface area contributed by atoms with Gasteiger partial charge in [-0.2, -0.15) is 0 Å². The van der Waals surface area contributed by atoms with Crippen molar-refractivity contribution >= 4 is 40.6 Å². The van der Waals surface area contributed by atoms with Crippen molar-refractivity contribution in [3.05, 3.63) is 102 Å². The van der Waals surface area contributed by atoms with E-state index in [-0.39, 0.29) is 22.2 Å². The van der Waals surface area contributed by atoms with E-state index < -0.39 is 26.1 Å². The average Bonchev–Trinajstić information content (AvgIpc) is 2.74. The average molecular weight is 443 g/mol. The third-order valence-electron chi connectivity index (χ3n) is 3.95. The first kappa shape index (κ1) is 21.3. The van der Waals surface area contributed by atoms with Gasteiger partial charge in [0.15, 0.2) is 0 Å². The van der Waals surface area contributed by atoms with Crippen LogP contribution < -0.4 is 4.74 Å². The molecular formula is C19H11ClN4O7.